The molecule has 2 aliphatic rings. The Labute approximate surface area is 186 Å². The third-order valence-electron chi connectivity index (χ3n) is 5.54. The number of benzene rings is 2. The predicted octanol–water partition coefficient (Wildman–Crippen LogP) is 2.31. The molecule has 0 spiro atoms. The summed E-state index contributed by atoms with van der Waals surface area (Å²) in [4.78, 5) is 12.6. The molecule has 0 unspecified atom stereocenters. The first kappa shape index (κ1) is 22.6. The van der Waals surface area contributed by atoms with Gasteiger partial charge in [-0.2, -0.15) is 9.41 Å². The lowest BCUT2D eigenvalue weighted by molar-refractivity contribution is 0.0954. The minimum atomic E-state index is -3.70. The summed E-state index contributed by atoms with van der Waals surface area (Å²) in [5, 5.41) is 4.02. The molecule has 0 atom stereocenters. The molecule has 11 heteroatoms. The third-order valence-corrected chi connectivity index (χ3v) is 9.20. The lowest BCUT2D eigenvalue weighted by atomic mass is 10.1. The first-order chi connectivity index (χ1) is 15.2. The monoisotopic (exact) mass is 479 g/mol. The van der Waals surface area contributed by atoms with E-state index in [0.717, 1.165) is 31.4 Å². The second kappa shape index (κ2) is 8.72. The molecule has 0 radical (unpaired) electrons. The average molecular weight is 480 g/mol. The summed E-state index contributed by atoms with van der Waals surface area (Å²) in [7, 11) is -7.25. The van der Waals surface area contributed by atoms with Crippen molar-refractivity contribution in [2.45, 2.75) is 35.5 Å². The number of hydrogen-bond acceptors (Lipinski definition) is 6. The van der Waals surface area contributed by atoms with Gasteiger partial charge < -0.3 is 0 Å². The van der Waals surface area contributed by atoms with Crippen LogP contribution in [0.2, 0.25) is 0 Å². The first-order valence-corrected chi connectivity index (χ1v) is 13.3. The Hall–Kier alpha value is -2.63. The molecule has 1 fully saturated rings. The van der Waals surface area contributed by atoms with Crippen molar-refractivity contribution in [2.24, 2.45) is 5.10 Å². The highest BCUT2D eigenvalue weighted by atomic mass is 32.2. The van der Waals surface area contributed by atoms with E-state index in [1.807, 2.05) is 0 Å². The second-order valence-corrected chi connectivity index (χ2v) is 11.7. The average Bonchev–Trinajstić information content (AvgIpc) is 2.79. The SMILES string of the molecule is O=C(N/N=C1\CCS(=O)(=O)c2ccc(F)cc21)c1cccc(S(=O)(=O)N2CCCCC2)c1. The molecule has 4 rings (SSSR count). The van der Waals surface area contributed by atoms with Crippen LogP contribution in [0.25, 0.3) is 0 Å². The molecule has 32 heavy (non-hydrogen) atoms. The van der Waals surface area contributed by atoms with Crippen molar-refractivity contribution in [3.63, 3.8) is 0 Å². The van der Waals surface area contributed by atoms with Gasteiger partial charge in [-0.25, -0.2) is 26.7 Å². The number of fused-ring (bicyclic) bond motifs is 1. The van der Waals surface area contributed by atoms with E-state index in [0.29, 0.717) is 13.1 Å². The maximum Gasteiger partial charge on any atom is 0.271 e. The van der Waals surface area contributed by atoms with Gasteiger partial charge >= 0.3 is 0 Å². The minimum Gasteiger partial charge on any atom is -0.267 e. The van der Waals surface area contributed by atoms with Gasteiger partial charge in [0, 0.05) is 30.6 Å². The quantitative estimate of drug-likeness (QED) is 0.534. The fourth-order valence-corrected chi connectivity index (χ4v) is 6.86. The van der Waals surface area contributed by atoms with Gasteiger partial charge in [-0.05, 0) is 49.2 Å². The molecule has 2 heterocycles. The molecule has 0 bridgehead atoms. The van der Waals surface area contributed by atoms with Crippen LogP contribution in [0, 0.1) is 5.82 Å². The Balaban J connectivity index is 1.57. The summed E-state index contributed by atoms with van der Waals surface area (Å²) in [6.45, 7) is 0.899. The highest BCUT2D eigenvalue weighted by Gasteiger charge is 2.29. The van der Waals surface area contributed by atoms with Gasteiger partial charge in [-0.1, -0.05) is 12.5 Å². The highest BCUT2D eigenvalue weighted by molar-refractivity contribution is 7.91. The van der Waals surface area contributed by atoms with E-state index < -0.39 is 31.6 Å². The standard InChI is InChI=1S/C21H22FN3O5S2/c22-16-7-8-20-18(14-16)19(9-12-31(20,27)28)23-24-21(26)15-5-4-6-17(13-15)32(29,30)25-10-2-1-3-11-25/h4-8,13-14H,1-3,9-12H2,(H,24,26)/b23-19+. The molecule has 1 saturated heterocycles. The number of carbonyl (C=O) groups is 1. The second-order valence-electron chi connectivity index (χ2n) is 7.70. The number of piperidine rings is 1. The zero-order valence-corrected chi connectivity index (χ0v) is 18.8. The fourth-order valence-electron chi connectivity index (χ4n) is 3.83. The molecular weight excluding hydrogens is 457 g/mol. The lowest BCUT2D eigenvalue weighted by Crippen LogP contribution is -2.35. The maximum absolute atomic E-state index is 13.7. The molecule has 2 aromatic rings. The van der Waals surface area contributed by atoms with Crippen molar-refractivity contribution < 1.29 is 26.0 Å². The van der Waals surface area contributed by atoms with Gasteiger partial charge in [0.15, 0.2) is 9.84 Å². The van der Waals surface area contributed by atoms with Crippen LogP contribution in [-0.4, -0.2) is 51.6 Å². The molecule has 1 N–H and O–H groups in total. The minimum absolute atomic E-state index is 0.0163. The third kappa shape index (κ3) is 4.45. The molecule has 0 saturated carbocycles. The number of sulfonamides is 1. The fraction of sp³-hybridized carbons (Fsp3) is 0.333. The Morgan fingerprint density at radius 1 is 1.06 bits per heavy atom. The number of carbonyl (C=O) groups excluding carboxylic acids is 1. The number of nitrogens with one attached hydrogen (secondary N) is 1. The maximum atomic E-state index is 13.7. The van der Waals surface area contributed by atoms with Crippen LogP contribution in [-0.2, 0) is 19.9 Å². The van der Waals surface area contributed by atoms with E-state index in [4.69, 9.17) is 0 Å². The van der Waals surface area contributed by atoms with Crippen LogP contribution in [0.4, 0.5) is 4.39 Å². The normalized spacial score (nSPS) is 20.0. The molecule has 8 nitrogen and oxygen atoms in total. The van der Waals surface area contributed by atoms with E-state index in [9.17, 15) is 26.0 Å². The summed E-state index contributed by atoms with van der Waals surface area (Å²) in [6, 6.07) is 9.00. The number of amides is 1. The number of sulfone groups is 1. The Morgan fingerprint density at radius 3 is 2.56 bits per heavy atom. The van der Waals surface area contributed by atoms with Crippen LogP contribution >= 0.6 is 0 Å². The van der Waals surface area contributed by atoms with Crippen LogP contribution < -0.4 is 5.43 Å². The van der Waals surface area contributed by atoms with E-state index in [-0.39, 0.29) is 38.8 Å². The van der Waals surface area contributed by atoms with Crippen LogP contribution in [0.15, 0.2) is 57.4 Å². The smallest absolute Gasteiger partial charge is 0.267 e. The summed E-state index contributed by atoms with van der Waals surface area (Å²) in [5.74, 6) is -1.47. The molecule has 2 aromatic carbocycles. The van der Waals surface area contributed by atoms with Crippen molar-refractivity contribution in [2.75, 3.05) is 18.8 Å². The summed E-state index contributed by atoms with van der Waals surface area (Å²) in [6.07, 6.45) is 2.61. The topological polar surface area (TPSA) is 113 Å². The van der Waals surface area contributed by atoms with E-state index in [1.165, 1.54) is 34.6 Å². The van der Waals surface area contributed by atoms with Crippen molar-refractivity contribution in [1.29, 1.82) is 0 Å². The van der Waals surface area contributed by atoms with Gasteiger partial charge in [0.1, 0.15) is 5.82 Å². The number of halogens is 1. The van der Waals surface area contributed by atoms with Crippen LogP contribution in [0.3, 0.4) is 0 Å². The predicted molar refractivity (Wildman–Crippen MR) is 116 cm³/mol. The molecule has 0 aliphatic carbocycles. The Kier molecular flexibility index (Phi) is 6.15. The van der Waals surface area contributed by atoms with Gasteiger partial charge in [-0.3, -0.25) is 4.79 Å². The number of hydrogen-bond donors (Lipinski definition) is 1. The van der Waals surface area contributed by atoms with Crippen molar-refractivity contribution in [3.05, 3.63) is 59.4 Å². The summed E-state index contributed by atoms with van der Waals surface area (Å²) >= 11 is 0. The Bertz CT molecular complexity index is 1300. The molecule has 170 valence electrons. The zero-order valence-electron chi connectivity index (χ0n) is 17.1. The van der Waals surface area contributed by atoms with E-state index in [1.54, 1.807) is 0 Å². The molecular formula is C21H22FN3O5S2. The highest BCUT2D eigenvalue weighted by Crippen LogP contribution is 2.26. The zero-order chi connectivity index (χ0) is 22.9. The number of rotatable bonds is 4. The van der Waals surface area contributed by atoms with E-state index >= 15 is 0 Å². The number of hydrazone groups is 1. The molecule has 2 aliphatic heterocycles. The largest absolute Gasteiger partial charge is 0.271 e. The van der Waals surface area contributed by atoms with Gasteiger partial charge in [0.25, 0.3) is 5.91 Å². The summed E-state index contributed by atoms with van der Waals surface area (Å²) in [5.41, 5.74) is 2.78. The van der Waals surface area contributed by atoms with Gasteiger partial charge in [0.2, 0.25) is 10.0 Å². The number of nitrogens with zero attached hydrogens (tertiary/aromatic N) is 2. The van der Waals surface area contributed by atoms with Crippen LogP contribution in [0.5, 0.6) is 0 Å². The summed E-state index contributed by atoms with van der Waals surface area (Å²) < 4.78 is 65.3. The van der Waals surface area contributed by atoms with Crippen molar-refractivity contribution in [1.82, 2.24) is 9.73 Å². The van der Waals surface area contributed by atoms with Crippen LogP contribution in [0.1, 0.15) is 41.6 Å². The Morgan fingerprint density at radius 2 is 1.81 bits per heavy atom. The van der Waals surface area contributed by atoms with Gasteiger partial charge in [0.05, 0.1) is 21.3 Å². The first-order valence-electron chi connectivity index (χ1n) is 10.2. The van der Waals surface area contributed by atoms with Crippen molar-refractivity contribution >= 4 is 31.5 Å². The van der Waals surface area contributed by atoms with Crippen molar-refractivity contribution in [3.8, 4) is 0 Å². The van der Waals surface area contributed by atoms with E-state index in [2.05, 4.69) is 10.5 Å². The molecule has 0 aromatic heterocycles. The van der Waals surface area contributed by atoms with Gasteiger partial charge in [-0.15, -0.1) is 0 Å². The lowest BCUT2D eigenvalue weighted by Gasteiger charge is -2.26. The molecule has 1 amide bonds.